The number of carbonyl (C=O) groups excluding carboxylic acids is 1. The minimum Gasteiger partial charge on any atom is -0.354 e. The molecule has 1 unspecified atom stereocenters. The predicted molar refractivity (Wildman–Crippen MR) is 132 cm³/mol. The smallest absolute Gasteiger partial charge is 0.243 e. The second kappa shape index (κ2) is 10.5. The summed E-state index contributed by atoms with van der Waals surface area (Å²) in [5, 5.41) is 3.97. The Kier molecular flexibility index (Phi) is 7.50. The van der Waals surface area contributed by atoms with Gasteiger partial charge in [0.1, 0.15) is 0 Å². The summed E-state index contributed by atoms with van der Waals surface area (Å²) in [7, 11) is -3.45. The number of fused-ring (bicyclic) bond motifs is 1. The van der Waals surface area contributed by atoms with Crippen molar-refractivity contribution in [2.75, 3.05) is 13.1 Å². The molecule has 1 saturated heterocycles. The van der Waals surface area contributed by atoms with Gasteiger partial charge in [-0.3, -0.25) is 4.79 Å². The van der Waals surface area contributed by atoms with Gasteiger partial charge in [-0.15, -0.1) is 0 Å². The van der Waals surface area contributed by atoms with E-state index in [9.17, 15) is 13.2 Å². The number of aromatic nitrogens is 1. The van der Waals surface area contributed by atoms with Crippen LogP contribution in [0, 0.1) is 0 Å². The van der Waals surface area contributed by atoms with E-state index in [1.165, 1.54) is 5.56 Å². The second-order valence-electron chi connectivity index (χ2n) is 8.94. The number of nitrogens with one attached hydrogen (secondary N) is 1. The van der Waals surface area contributed by atoms with Gasteiger partial charge in [0.2, 0.25) is 15.9 Å². The molecule has 1 atom stereocenters. The molecule has 4 rings (SSSR count). The van der Waals surface area contributed by atoms with Gasteiger partial charge >= 0.3 is 0 Å². The van der Waals surface area contributed by atoms with Crippen LogP contribution in [0.15, 0.2) is 65.7 Å². The lowest BCUT2D eigenvalue weighted by molar-refractivity contribution is -0.121. The van der Waals surface area contributed by atoms with E-state index < -0.39 is 10.0 Å². The lowest BCUT2D eigenvalue weighted by Gasteiger charge is -2.25. The van der Waals surface area contributed by atoms with E-state index in [2.05, 4.69) is 17.4 Å². The molecule has 0 saturated carbocycles. The summed E-state index contributed by atoms with van der Waals surface area (Å²) in [6.45, 7) is 3.79. The molecule has 0 aliphatic carbocycles. The lowest BCUT2D eigenvalue weighted by atomic mass is 10.1. The van der Waals surface area contributed by atoms with E-state index in [-0.39, 0.29) is 11.9 Å². The average molecular weight is 468 g/mol. The molecule has 6 nitrogen and oxygen atoms in total. The van der Waals surface area contributed by atoms with Crippen LogP contribution in [0.2, 0.25) is 0 Å². The predicted octanol–water partition coefficient (Wildman–Crippen LogP) is 4.34. The molecule has 1 aromatic heterocycles. The van der Waals surface area contributed by atoms with Crippen molar-refractivity contribution < 1.29 is 13.2 Å². The first-order chi connectivity index (χ1) is 15.9. The maximum absolute atomic E-state index is 13.0. The van der Waals surface area contributed by atoms with Crippen molar-refractivity contribution >= 4 is 26.8 Å². The maximum Gasteiger partial charge on any atom is 0.243 e. The number of nitrogens with zero attached hydrogens (tertiary/aromatic N) is 2. The van der Waals surface area contributed by atoms with Crippen molar-refractivity contribution in [1.82, 2.24) is 14.2 Å². The first-order valence-corrected chi connectivity index (χ1v) is 13.3. The SMILES string of the molecule is CC(CCc1ccccc1)NC(=O)CCn1ccc2cc(S(=O)(=O)N3CCCCC3)ccc21. The van der Waals surface area contributed by atoms with E-state index in [1.807, 2.05) is 48.0 Å². The molecule has 1 fully saturated rings. The Morgan fingerprint density at radius 1 is 1.03 bits per heavy atom. The zero-order valence-corrected chi connectivity index (χ0v) is 20.1. The molecule has 7 heteroatoms. The summed E-state index contributed by atoms with van der Waals surface area (Å²) >= 11 is 0. The van der Waals surface area contributed by atoms with Gasteiger partial charge in [-0.1, -0.05) is 36.8 Å². The molecule has 1 aliphatic rings. The highest BCUT2D eigenvalue weighted by molar-refractivity contribution is 7.89. The highest BCUT2D eigenvalue weighted by atomic mass is 32.2. The van der Waals surface area contributed by atoms with Crippen LogP contribution < -0.4 is 5.32 Å². The van der Waals surface area contributed by atoms with Crippen molar-refractivity contribution in [1.29, 1.82) is 0 Å². The zero-order chi connectivity index (χ0) is 23.3. The van der Waals surface area contributed by atoms with E-state index in [4.69, 9.17) is 0 Å². The molecule has 0 bridgehead atoms. The van der Waals surface area contributed by atoms with Crippen LogP contribution in [0.1, 0.15) is 44.6 Å². The minimum absolute atomic E-state index is 0.0294. The van der Waals surface area contributed by atoms with Crippen LogP contribution in [0.3, 0.4) is 0 Å². The number of amides is 1. The summed E-state index contributed by atoms with van der Waals surface area (Å²) in [5.41, 5.74) is 2.22. The number of hydrogen-bond donors (Lipinski definition) is 1. The van der Waals surface area contributed by atoms with Gasteiger partial charge in [-0.05, 0) is 62.4 Å². The highest BCUT2D eigenvalue weighted by Crippen LogP contribution is 2.25. The summed E-state index contributed by atoms with van der Waals surface area (Å²) in [6.07, 6.45) is 7.08. The van der Waals surface area contributed by atoms with Gasteiger partial charge in [0.05, 0.1) is 4.90 Å². The Hall–Kier alpha value is -2.64. The Bertz CT molecular complexity index is 1180. The third-order valence-electron chi connectivity index (χ3n) is 6.39. The average Bonchev–Trinajstić information content (AvgIpc) is 3.25. The largest absolute Gasteiger partial charge is 0.354 e. The first kappa shape index (κ1) is 23.5. The molecule has 0 radical (unpaired) electrons. The summed E-state index contributed by atoms with van der Waals surface area (Å²) in [5.74, 6) is 0.0294. The molecule has 1 N–H and O–H groups in total. The van der Waals surface area contributed by atoms with Crippen molar-refractivity contribution in [3.63, 3.8) is 0 Å². The quantitative estimate of drug-likeness (QED) is 0.509. The monoisotopic (exact) mass is 467 g/mol. The van der Waals surface area contributed by atoms with Crippen LogP contribution in [-0.2, 0) is 27.8 Å². The Balaban J connectivity index is 1.33. The number of hydrogen-bond acceptors (Lipinski definition) is 3. The van der Waals surface area contributed by atoms with Crippen LogP contribution in [0.4, 0.5) is 0 Å². The molecule has 2 aromatic carbocycles. The van der Waals surface area contributed by atoms with Crippen LogP contribution in [0.5, 0.6) is 0 Å². The number of sulfonamides is 1. The van der Waals surface area contributed by atoms with Crippen LogP contribution >= 0.6 is 0 Å². The first-order valence-electron chi connectivity index (χ1n) is 11.9. The number of carbonyl (C=O) groups is 1. The Morgan fingerprint density at radius 2 is 1.79 bits per heavy atom. The standard InChI is InChI=1S/C26H33N3O3S/c1-21(10-11-22-8-4-2-5-9-22)27-26(30)15-19-28-18-14-23-20-24(12-13-25(23)28)33(31,32)29-16-6-3-7-17-29/h2,4-5,8-9,12-14,18,20-21H,3,6-7,10-11,15-17,19H2,1H3,(H,27,30). The number of aryl methyl sites for hydroxylation is 2. The van der Waals surface area contributed by atoms with E-state index >= 15 is 0 Å². The fraction of sp³-hybridized carbons (Fsp3) is 0.423. The van der Waals surface area contributed by atoms with Gasteiger partial charge in [-0.2, -0.15) is 4.31 Å². The van der Waals surface area contributed by atoms with Gasteiger partial charge in [0, 0.05) is 49.2 Å². The van der Waals surface area contributed by atoms with Crippen LogP contribution in [-0.4, -0.2) is 42.3 Å². The summed E-state index contributed by atoms with van der Waals surface area (Å²) in [6, 6.07) is 17.6. The number of benzene rings is 2. The van der Waals surface area contributed by atoms with E-state index in [1.54, 1.807) is 16.4 Å². The fourth-order valence-electron chi connectivity index (χ4n) is 4.46. The zero-order valence-electron chi connectivity index (χ0n) is 19.2. The molecular weight excluding hydrogens is 434 g/mol. The van der Waals surface area contributed by atoms with Gasteiger partial charge in [-0.25, -0.2) is 8.42 Å². The normalized spacial score (nSPS) is 16.0. The number of rotatable bonds is 9. The molecule has 3 aromatic rings. The third kappa shape index (κ3) is 5.84. The molecule has 33 heavy (non-hydrogen) atoms. The molecule has 176 valence electrons. The Morgan fingerprint density at radius 3 is 2.55 bits per heavy atom. The van der Waals surface area contributed by atoms with Crippen molar-refractivity contribution in [3.8, 4) is 0 Å². The van der Waals surface area contributed by atoms with Crippen molar-refractivity contribution in [3.05, 3.63) is 66.4 Å². The van der Waals surface area contributed by atoms with Crippen LogP contribution in [0.25, 0.3) is 10.9 Å². The number of piperidine rings is 1. The topological polar surface area (TPSA) is 71.4 Å². The fourth-order valence-corrected chi connectivity index (χ4v) is 6.01. The van der Waals surface area contributed by atoms with Gasteiger partial charge < -0.3 is 9.88 Å². The molecule has 1 aliphatic heterocycles. The third-order valence-corrected chi connectivity index (χ3v) is 8.29. The van der Waals surface area contributed by atoms with E-state index in [0.717, 1.165) is 43.0 Å². The Labute approximate surface area is 196 Å². The molecule has 0 spiro atoms. The molecule has 2 heterocycles. The summed E-state index contributed by atoms with van der Waals surface area (Å²) < 4.78 is 29.5. The van der Waals surface area contributed by atoms with Gasteiger partial charge in [0.25, 0.3) is 0 Å². The van der Waals surface area contributed by atoms with Crippen molar-refractivity contribution in [2.24, 2.45) is 0 Å². The second-order valence-corrected chi connectivity index (χ2v) is 10.9. The maximum atomic E-state index is 13.0. The minimum atomic E-state index is -3.45. The van der Waals surface area contributed by atoms with Gasteiger partial charge in [0.15, 0.2) is 0 Å². The lowest BCUT2D eigenvalue weighted by Crippen LogP contribution is -2.35. The highest BCUT2D eigenvalue weighted by Gasteiger charge is 2.26. The molecular formula is C26H33N3O3S. The summed E-state index contributed by atoms with van der Waals surface area (Å²) in [4.78, 5) is 12.8. The van der Waals surface area contributed by atoms with E-state index in [0.29, 0.717) is 31.0 Å². The van der Waals surface area contributed by atoms with Crippen molar-refractivity contribution in [2.45, 2.75) is 62.9 Å². The molecule has 1 amide bonds.